The first-order valence-corrected chi connectivity index (χ1v) is 7.18. The number of carboxylic acid groups (broad SMARTS) is 1. The van der Waals surface area contributed by atoms with Gasteiger partial charge >= 0.3 is 12.0 Å². The molecular formula is C15H30N2O3. The highest BCUT2D eigenvalue weighted by atomic mass is 16.4. The molecule has 0 bridgehead atoms. The number of amides is 2. The van der Waals surface area contributed by atoms with Gasteiger partial charge in [0.1, 0.15) is 0 Å². The van der Waals surface area contributed by atoms with Crippen LogP contribution in [0.5, 0.6) is 0 Å². The molecule has 5 nitrogen and oxygen atoms in total. The Morgan fingerprint density at radius 1 is 1.20 bits per heavy atom. The minimum Gasteiger partial charge on any atom is -0.481 e. The molecule has 0 fully saturated rings. The largest absolute Gasteiger partial charge is 0.481 e. The lowest BCUT2D eigenvalue weighted by molar-refractivity contribution is -0.138. The van der Waals surface area contributed by atoms with Crippen molar-refractivity contribution in [2.45, 2.75) is 72.9 Å². The van der Waals surface area contributed by atoms with Gasteiger partial charge in [0.05, 0.1) is 6.42 Å². The number of hydrogen-bond donors (Lipinski definition) is 2. The zero-order valence-electron chi connectivity index (χ0n) is 13.9. The van der Waals surface area contributed by atoms with Crippen molar-refractivity contribution in [2.24, 2.45) is 5.41 Å². The van der Waals surface area contributed by atoms with Gasteiger partial charge in [-0.2, -0.15) is 0 Å². The van der Waals surface area contributed by atoms with Gasteiger partial charge in [-0.05, 0) is 39.5 Å². The minimum absolute atomic E-state index is 0.0407. The van der Waals surface area contributed by atoms with E-state index < -0.39 is 5.97 Å². The highest BCUT2D eigenvalue weighted by molar-refractivity contribution is 5.76. The van der Waals surface area contributed by atoms with Crippen molar-refractivity contribution in [2.75, 3.05) is 6.54 Å². The molecule has 0 saturated heterocycles. The van der Waals surface area contributed by atoms with Crippen LogP contribution in [0.25, 0.3) is 0 Å². The van der Waals surface area contributed by atoms with Crippen LogP contribution in [0, 0.1) is 5.41 Å². The summed E-state index contributed by atoms with van der Waals surface area (Å²) in [6.45, 7) is 14.5. The molecule has 0 aliphatic heterocycles. The predicted octanol–water partition coefficient (Wildman–Crippen LogP) is 3.10. The van der Waals surface area contributed by atoms with Crippen molar-refractivity contribution < 1.29 is 14.7 Å². The molecule has 0 aliphatic rings. The number of aliphatic carboxylic acids is 1. The first-order chi connectivity index (χ1) is 8.88. The molecule has 0 aromatic heterocycles. The number of carboxylic acids is 1. The molecule has 2 amide bonds. The van der Waals surface area contributed by atoms with Gasteiger partial charge in [0.15, 0.2) is 0 Å². The second-order valence-electron chi connectivity index (χ2n) is 7.28. The summed E-state index contributed by atoms with van der Waals surface area (Å²) in [6.07, 6.45) is 0.803. The Kier molecular flexibility index (Phi) is 6.51. The quantitative estimate of drug-likeness (QED) is 0.788. The van der Waals surface area contributed by atoms with E-state index in [4.69, 9.17) is 5.11 Å². The fourth-order valence-corrected chi connectivity index (χ4v) is 2.75. The van der Waals surface area contributed by atoms with Crippen LogP contribution in [0.3, 0.4) is 0 Å². The summed E-state index contributed by atoms with van der Waals surface area (Å²) in [5.41, 5.74) is -0.216. The maximum atomic E-state index is 12.3. The highest BCUT2D eigenvalue weighted by Crippen LogP contribution is 2.27. The number of nitrogens with zero attached hydrogens (tertiary/aromatic N) is 1. The topological polar surface area (TPSA) is 69.6 Å². The standard InChI is InChI=1S/C15H30N2O3/c1-8-17(11(2)9-12(18)19)13(20)16-15(6,7)10-14(3,4)5/h11H,8-10H2,1-7H3,(H,16,20)(H,18,19). The van der Waals surface area contributed by atoms with E-state index in [1.54, 1.807) is 11.8 Å². The lowest BCUT2D eigenvalue weighted by atomic mass is 9.82. The van der Waals surface area contributed by atoms with Gasteiger partial charge in [-0.15, -0.1) is 0 Å². The monoisotopic (exact) mass is 286 g/mol. The van der Waals surface area contributed by atoms with Crippen LogP contribution < -0.4 is 5.32 Å². The summed E-state index contributed by atoms with van der Waals surface area (Å²) in [5.74, 6) is -0.891. The van der Waals surface area contributed by atoms with Crippen LogP contribution in [-0.4, -0.2) is 40.1 Å². The van der Waals surface area contributed by atoms with Gasteiger partial charge in [-0.25, -0.2) is 4.79 Å². The molecule has 0 spiro atoms. The van der Waals surface area contributed by atoms with E-state index in [0.29, 0.717) is 6.54 Å². The van der Waals surface area contributed by atoms with Gasteiger partial charge in [0, 0.05) is 18.1 Å². The molecule has 0 aliphatic carbocycles. The van der Waals surface area contributed by atoms with Gasteiger partial charge in [-0.1, -0.05) is 20.8 Å². The summed E-state index contributed by atoms with van der Waals surface area (Å²) in [6, 6.07) is -0.515. The zero-order chi connectivity index (χ0) is 16.1. The van der Waals surface area contributed by atoms with Crippen LogP contribution in [0.2, 0.25) is 0 Å². The molecule has 0 heterocycles. The first kappa shape index (κ1) is 18.7. The van der Waals surface area contributed by atoms with Crippen molar-refractivity contribution in [1.29, 1.82) is 0 Å². The zero-order valence-corrected chi connectivity index (χ0v) is 13.9. The molecule has 118 valence electrons. The van der Waals surface area contributed by atoms with Crippen molar-refractivity contribution in [3.05, 3.63) is 0 Å². The summed E-state index contributed by atoms with van der Waals surface area (Å²) < 4.78 is 0. The SMILES string of the molecule is CCN(C(=O)NC(C)(C)CC(C)(C)C)C(C)CC(=O)O. The summed E-state index contributed by atoms with van der Waals surface area (Å²) in [7, 11) is 0. The molecule has 5 heteroatoms. The molecule has 0 aromatic rings. The number of urea groups is 1. The van der Waals surface area contributed by atoms with Crippen molar-refractivity contribution in [3.8, 4) is 0 Å². The van der Waals surface area contributed by atoms with E-state index in [1.807, 2.05) is 20.8 Å². The second kappa shape index (κ2) is 6.95. The molecule has 2 N–H and O–H groups in total. The number of carbonyl (C=O) groups is 2. The third-order valence-electron chi connectivity index (χ3n) is 3.02. The maximum Gasteiger partial charge on any atom is 0.318 e. The summed E-state index contributed by atoms with van der Waals surface area (Å²) in [5, 5.41) is 11.8. The van der Waals surface area contributed by atoms with Crippen LogP contribution in [0.15, 0.2) is 0 Å². The number of carbonyl (C=O) groups excluding carboxylic acids is 1. The fraction of sp³-hybridized carbons (Fsp3) is 0.867. The van der Waals surface area contributed by atoms with Crippen molar-refractivity contribution >= 4 is 12.0 Å². The average molecular weight is 286 g/mol. The maximum absolute atomic E-state index is 12.3. The van der Waals surface area contributed by atoms with Crippen LogP contribution in [0.1, 0.15) is 61.3 Å². The first-order valence-electron chi connectivity index (χ1n) is 7.18. The van der Waals surface area contributed by atoms with E-state index in [9.17, 15) is 9.59 Å². The van der Waals surface area contributed by atoms with Crippen LogP contribution in [0.4, 0.5) is 4.79 Å². The Hall–Kier alpha value is -1.26. The molecule has 1 atom stereocenters. The summed E-state index contributed by atoms with van der Waals surface area (Å²) >= 11 is 0. The van der Waals surface area contributed by atoms with Crippen molar-refractivity contribution in [1.82, 2.24) is 10.2 Å². The van der Waals surface area contributed by atoms with Crippen LogP contribution in [-0.2, 0) is 4.79 Å². The van der Waals surface area contributed by atoms with Gasteiger partial charge < -0.3 is 15.3 Å². The van der Waals surface area contributed by atoms with Crippen molar-refractivity contribution in [3.63, 3.8) is 0 Å². The Morgan fingerprint density at radius 2 is 1.70 bits per heavy atom. The summed E-state index contributed by atoms with van der Waals surface area (Å²) in [4.78, 5) is 24.7. The van der Waals surface area contributed by atoms with Gasteiger partial charge in [-0.3, -0.25) is 4.79 Å². The molecule has 0 rings (SSSR count). The highest BCUT2D eigenvalue weighted by Gasteiger charge is 2.30. The Balaban J connectivity index is 4.74. The van der Waals surface area contributed by atoms with Crippen LogP contribution >= 0.6 is 0 Å². The Labute approximate surface area is 122 Å². The lowest BCUT2D eigenvalue weighted by Gasteiger charge is -2.36. The van der Waals surface area contributed by atoms with E-state index in [-0.39, 0.29) is 29.4 Å². The third-order valence-corrected chi connectivity index (χ3v) is 3.02. The Bertz CT molecular complexity index is 346. The minimum atomic E-state index is -0.891. The third kappa shape index (κ3) is 7.36. The molecule has 0 aromatic carbocycles. The van der Waals surface area contributed by atoms with E-state index in [0.717, 1.165) is 6.42 Å². The van der Waals surface area contributed by atoms with E-state index in [2.05, 4.69) is 26.1 Å². The lowest BCUT2D eigenvalue weighted by Crippen LogP contribution is -2.53. The molecule has 1 unspecified atom stereocenters. The fourth-order valence-electron chi connectivity index (χ4n) is 2.75. The van der Waals surface area contributed by atoms with E-state index in [1.165, 1.54) is 0 Å². The molecule has 0 saturated carbocycles. The number of rotatable bonds is 6. The average Bonchev–Trinajstić information content (AvgIpc) is 2.11. The second-order valence-corrected chi connectivity index (χ2v) is 7.28. The number of nitrogens with one attached hydrogen (secondary N) is 1. The van der Waals surface area contributed by atoms with E-state index >= 15 is 0 Å². The molecule has 0 radical (unpaired) electrons. The Morgan fingerprint density at radius 3 is 2.05 bits per heavy atom. The predicted molar refractivity (Wildman–Crippen MR) is 80.8 cm³/mol. The molecule has 20 heavy (non-hydrogen) atoms. The number of hydrogen-bond acceptors (Lipinski definition) is 2. The molecular weight excluding hydrogens is 256 g/mol. The van der Waals surface area contributed by atoms with Gasteiger partial charge in [0.2, 0.25) is 0 Å². The normalized spacial score (nSPS) is 13.8. The smallest absolute Gasteiger partial charge is 0.318 e. The van der Waals surface area contributed by atoms with Gasteiger partial charge in [0.25, 0.3) is 0 Å².